The van der Waals surface area contributed by atoms with Crippen molar-refractivity contribution in [1.82, 2.24) is 4.31 Å². The Kier molecular flexibility index (Phi) is 7.67. The molecule has 3 rings (SSSR count). The summed E-state index contributed by atoms with van der Waals surface area (Å²) in [6.07, 6.45) is 2.87. The van der Waals surface area contributed by atoms with Gasteiger partial charge >= 0.3 is 5.97 Å². The molecule has 1 aliphatic heterocycles. The van der Waals surface area contributed by atoms with Gasteiger partial charge in [0.25, 0.3) is 0 Å². The Morgan fingerprint density at radius 1 is 1.10 bits per heavy atom. The normalized spacial score (nSPS) is 15.0. The minimum atomic E-state index is -3.61. The minimum absolute atomic E-state index is 0.0462. The van der Waals surface area contributed by atoms with Crippen LogP contribution in [0.4, 0.5) is 0 Å². The predicted molar refractivity (Wildman–Crippen MR) is 114 cm³/mol. The molecule has 0 saturated carbocycles. The SMILES string of the molecule is COc1ccc(/C=C/C(=O)OCc2cccc(S(=O)(=O)N3CCOCC3)c2)c(OC)c1. The second kappa shape index (κ2) is 10.4. The zero-order chi connectivity index (χ0) is 22.3. The Hall–Kier alpha value is -2.88. The van der Waals surface area contributed by atoms with Crippen molar-refractivity contribution >= 4 is 22.1 Å². The molecule has 0 N–H and O–H groups in total. The fourth-order valence-corrected chi connectivity index (χ4v) is 4.53. The number of morpholine rings is 1. The molecule has 166 valence electrons. The molecule has 0 radical (unpaired) electrons. The highest BCUT2D eigenvalue weighted by atomic mass is 32.2. The average molecular weight is 448 g/mol. The van der Waals surface area contributed by atoms with Gasteiger partial charge in [0.05, 0.1) is 32.3 Å². The lowest BCUT2D eigenvalue weighted by Crippen LogP contribution is -2.40. The van der Waals surface area contributed by atoms with E-state index in [4.69, 9.17) is 18.9 Å². The summed E-state index contributed by atoms with van der Waals surface area (Å²) in [5, 5.41) is 0. The number of carbonyl (C=O) groups excluding carboxylic acids is 1. The Bertz CT molecular complexity index is 1040. The van der Waals surface area contributed by atoms with Crippen molar-refractivity contribution in [3.63, 3.8) is 0 Å². The molecular weight excluding hydrogens is 422 g/mol. The van der Waals surface area contributed by atoms with Gasteiger partial charge in [-0.3, -0.25) is 0 Å². The standard InChI is InChI=1S/C22H25NO7S/c1-27-19-8-6-18(21(15-19)28-2)7-9-22(24)30-16-17-4-3-5-20(14-17)31(25,26)23-10-12-29-13-11-23/h3-9,14-15H,10-13,16H2,1-2H3/b9-7+. The molecule has 0 atom stereocenters. The van der Waals surface area contributed by atoms with Crippen molar-refractivity contribution in [2.45, 2.75) is 11.5 Å². The van der Waals surface area contributed by atoms with Crippen LogP contribution in [0.1, 0.15) is 11.1 Å². The van der Waals surface area contributed by atoms with E-state index in [0.29, 0.717) is 48.9 Å². The smallest absolute Gasteiger partial charge is 0.331 e. The fraction of sp³-hybridized carbons (Fsp3) is 0.318. The van der Waals surface area contributed by atoms with Gasteiger partial charge in [-0.2, -0.15) is 4.31 Å². The Morgan fingerprint density at radius 2 is 1.87 bits per heavy atom. The van der Waals surface area contributed by atoms with Crippen LogP contribution >= 0.6 is 0 Å². The molecule has 2 aromatic carbocycles. The number of esters is 1. The quantitative estimate of drug-likeness (QED) is 0.453. The van der Waals surface area contributed by atoms with Gasteiger partial charge in [-0.1, -0.05) is 12.1 Å². The summed E-state index contributed by atoms with van der Waals surface area (Å²) >= 11 is 0. The van der Waals surface area contributed by atoms with E-state index in [1.54, 1.807) is 43.5 Å². The van der Waals surface area contributed by atoms with Crippen LogP contribution in [0.15, 0.2) is 53.4 Å². The molecule has 1 aliphatic rings. The molecule has 0 amide bonds. The highest BCUT2D eigenvalue weighted by molar-refractivity contribution is 7.89. The van der Waals surface area contributed by atoms with Crippen LogP contribution in [0.2, 0.25) is 0 Å². The van der Waals surface area contributed by atoms with Crippen LogP contribution in [0.25, 0.3) is 6.08 Å². The first-order chi connectivity index (χ1) is 14.9. The summed E-state index contributed by atoms with van der Waals surface area (Å²) in [6, 6.07) is 11.6. The zero-order valence-electron chi connectivity index (χ0n) is 17.4. The lowest BCUT2D eigenvalue weighted by molar-refractivity contribution is -0.138. The van der Waals surface area contributed by atoms with Gasteiger partial charge in [0, 0.05) is 30.8 Å². The lowest BCUT2D eigenvalue weighted by Gasteiger charge is -2.26. The summed E-state index contributed by atoms with van der Waals surface area (Å²) in [5.74, 6) is 0.646. The van der Waals surface area contributed by atoms with Gasteiger partial charge in [0.2, 0.25) is 10.0 Å². The summed E-state index contributed by atoms with van der Waals surface area (Å²) in [5.41, 5.74) is 1.27. The summed E-state index contributed by atoms with van der Waals surface area (Å²) < 4.78 is 47.9. The van der Waals surface area contributed by atoms with Gasteiger partial charge in [-0.15, -0.1) is 0 Å². The van der Waals surface area contributed by atoms with Crippen molar-refractivity contribution in [3.8, 4) is 11.5 Å². The maximum absolute atomic E-state index is 12.8. The molecule has 0 aromatic heterocycles. The number of hydrogen-bond acceptors (Lipinski definition) is 7. The van der Waals surface area contributed by atoms with E-state index in [1.807, 2.05) is 0 Å². The lowest BCUT2D eigenvalue weighted by atomic mass is 10.1. The molecule has 0 unspecified atom stereocenters. The second-order valence-corrected chi connectivity index (χ2v) is 8.65. The first-order valence-electron chi connectivity index (χ1n) is 9.68. The number of methoxy groups -OCH3 is 2. The maximum atomic E-state index is 12.8. The number of nitrogens with zero attached hydrogens (tertiary/aromatic N) is 1. The third-order valence-electron chi connectivity index (χ3n) is 4.73. The molecule has 1 heterocycles. The van der Waals surface area contributed by atoms with Crippen LogP contribution in [0.5, 0.6) is 11.5 Å². The average Bonchev–Trinajstić information content (AvgIpc) is 2.82. The fourth-order valence-electron chi connectivity index (χ4n) is 3.05. The molecule has 0 spiro atoms. The highest BCUT2D eigenvalue weighted by Crippen LogP contribution is 2.25. The minimum Gasteiger partial charge on any atom is -0.497 e. The maximum Gasteiger partial charge on any atom is 0.331 e. The number of ether oxygens (including phenoxy) is 4. The monoisotopic (exact) mass is 447 g/mol. The van der Waals surface area contributed by atoms with E-state index in [0.717, 1.165) is 0 Å². The number of benzene rings is 2. The van der Waals surface area contributed by atoms with Gasteiger partial charge in [0.15, 0.2) is 0 Å². The molecule has 1 fully saturated rings. The molecule has 8 nitrogen and oxygen atoms in total. The molecule has 2 aromatic rings. The first-order valence-corrected chi connectivity index (χ1v) is 11.1. The second-order valence-electron chi connectivity index (χ2n) is 6.71. The Morgan fingerprint density at radius 3 is 2.58 bits per heavy atom. The third-order valence-corrected chi connectivity index (χ3v) is 6.62. The number of carbonyl (C=O) groups is 1. The van der Waals surface area contributed by atoms with Crippen molar-refractivity contribution in [3.05, 3.63) is 59.7 Å². The van der Waals surface area contributed by atoms with Gasteiger partial charge < -0.3 is 18.9 Å². The van der Waals surface area contributed by atoms with E-state index in [1.165, 1.54) is 29.6 Å². The van der Waals surface area contributed by atoms with Crippen molar-refractivity contribution < 1.29 is 32.2 Å². The van der Waals surface area contributed by atoms with Gasteiger partial charge in [-0.05, 0) is 35.9 Å². The number of sulfonamides is 1. The Balaban J connectivity index is 1.63. The molecule has 1 saturated heterocycles. The molecule has 0 bridgehead atoms. The van der Waals surface area contributed by atoms with Crippen LogP contribution in [-0.4, -0.2) is 59.2 Å². The molecule has 0 aliphatic carbocycles. The van der Waals surface area contributed by atoms with E-state index in [-0.39, 0.29) is 11.5 Å². The van der Waals surface area contributed by atoms with Crippen LogP contribution in [0, 0.1) is 0 Å². The van der Waals surface area contributed by atoms with Crippen molar-refractivity contribution in [1.29, 1.82) is 0 Å². The zero-order valence-corrected chi connectivity index (χ0v) is 18.3. The van der Waals surface area contributed by atoms with Gasteiger partial charge in [0.1, 0.15) is 18.1 Å². The van der Waals surface area contributed by atoms with Gasteiger partial charge in [-0.25, -0.2) is 13.2 Å². The van der Waals surface area contributed by atoms with Crippen molar-refractivity contribution in [2.24, 2.45) is 0 Å². The van der Waals surface area contributed by atoms with Crippen LogP contribution in [-0.2, 0) is 30.9 Å². The predicted octanol–water partition coefficient (Wildman–Crippen LogP) is 2.48. The number of rotatable bonds is 8. The molecular formula is C22H25NO7S. The van der Waals surface area contributed by atoms with Crippen molar-refractivity contribution in [2.75, 3.05) is 40.5 Å². The van der Waals surface area contributed by atoms with E-state index >= 15 is 0 Å². The largest absolute Gasteiger partial charge is 0.497 e. The van der Waals surface area contributed by atoms with E-state index in [2.05, 4.69) is 0 Å². The summed E-state index contributed by atoms with van der Waals surface area (Å²) in [4.78, 5) is 12.3. The third kappa shape index (κ3) is 5.84. The summed E-state index contributed by atoms with van der Waals surface area (Å²) in [6.45, 7) is 1.35. The number of hydrogen-bond donors (Lipinski definition) is 0. The summed E-state index contributed by atoms with van der Waals surface area (Å²) in [7, 11) is -0.520. The highest BCUT2D eigenvalue weighted by Gasteiger charge is 2.26. The van der Waals surface area contributed by atoms with Crippen LogP contribution in [0.3, 0.4) is 0 Å². The van der Waals surface area contributed by atoms with E-state index < -0.39 is 16.0 Å². The topological polar surface area (TPSA) is 91.4 Å². The van der Waals surface area contributed by atoms with Crippen LogP contribution < -0.4 is 9.47 Å². The Labute approximate surface area is 182 Å². The first kappa shape index (κ1) is 22.8. The molecule has 31 heavy (non-hydrogen) atoms. The van der Waals surface area contributed by atoms with E-state index in [9.17, 15) is 13.2 Å². The molecule has 9 heteroatoms.